The highest BCUT2D eigenvalue weighted by atomic mass is 19.4. The molecule has 0 unspecified atom stereocenters. The molecule has 0 saturated carbocycles. The Morgan fingerprint density at radius 1 is 1.06 bits per heavy atom. The van der Waals surface area contributed by atoms with Crippen LogP contribution >= 0.6 is 0 Å². The van der Waals surface area contributed by atoms with Crippen LogP contribution in [0.5, 0.6) is 0 Å². The van der Waals surface area contributed by atoms with E-state index in [2.05, 4.69) is 10.4 Å². The predicted molar refractivity (Wildman–Crippen MR) is 105 cm³/mol. The summed E-state index contributed by atoms with van der Waals surface area (Å²) < 4.78 is 54.4. The van der Waals surface area contributed by atoms with E-state index in [-0.39, 0.29) is 17.9 Å². The van der Waals surface area contributed by atoms with E-state index in [0.29, 0.717) is 0 Å². The van der Waals surface area contributed by atoms with Gasteiger partial charge in [-0.25, -0.2) is 9.07 Å². The number of halogens is 4. The van der Waals surface area contributed by atoms with Gasteiger partial charge in [0.25, 0.3) is 5.91 Å². The second-order valence-electron chi connectivity index (χ2n) is 6.51. The van der Waals surface area contributed by atoms with E-state index >= 15 is 0 Å². The number of carbonyl (C=O) groups is 2. The Labute approximate surface area is 175 Å². The maximum Gasteiger partial charge on any atom is 0.418 e. The predicted octanol–water partition coefficient (Wildman–Crippen LogP) is 4.13. The van der Waals surface area contributed by atoms with Gasteiger partial charge in [-0.2, -0.15) is 18.3 Å². The van der Waals surface area contributed by atoms with E-state index in [9.17, 15) is 27.2 Å². The molecule has 0 atom stereocenters. The fourth-order valence-electron chi connectivity index (χ4n) is 2.90. The molecule has 3 rings (SSSR count). The van der Waals surface area contributed by atoms with E-state index in [0.717, 1.165) is 17.0 Å². The van der Waals surface area contributed by atoms with Crippen LogP contribution < -0.4 is 5.32 Å². The van der Waals surface area contributed by atoms with E-state index in [1.165, 1.54) is 47.3 Å². The summed E-state index contributed by atoms with van der Waals surface area (Å²) in [6, 6.07) is 11.8. The third kappa shape index (κ3) is 5.08. The summed E-state index contributed by atoms with van der Waals surface area (Å²) in [5, 5.41) is 6.25. The third-order valence-corrected chi connectivity index (χ3v) is 4.42. The molecule has 2 aromatic carbocycles. The lowest BCUT2D eigenvalue weighted by atomic mass is 10.1. The van der Waals surface area contributed by atoms with Gasteiger partial charge < -0.3 is 10.2 Å². The molecule has 162 valence electrons. The minimum atomic E-state index is -4.64. The average Bonchev–Trinajstić information content (AvgIpc) is 3.21. The number of hydrogen-bond donors (Lipinski definition) is 1. The van der Waals surface area contributed by atoms with E-state index in [4.69, 9.17) is 0 Å². The summed E-state index contributed by atoms with van der Waals surface area (Å²) in [5.41, 5.74) is -1.27. The normalized spacial score (nSPS) is 11.3. The molecule has 0 aliphatic carbocycles. The zero-order chi connectivity index (χ0) is 22.6. The first-order chi connectivity index (χ1) is 14.7. The standard InChI is InChI=1S/C21H18F4N4O2/c1-2-28(13-19(30)26-16-9-5-3-7-14(16)21(23,24)25)20(31)17-11-12-29(27-17)18-10-6-4-8-15(18)22/h3-12H,2,13H2,1H3,(H,26,30). The van der Waals surface area contributed by atoms with Crippen LogP contribution in [-0.4, -0.2) is 39.6 Å². The fraction of sp³-hybridized carbons (Fsp3) is 0.190. The molecular formula is C21H18F4N4O2. The number of alkyl halides is 3. The largest absolute Gasteiger partial charge is 0.418 e. The van der Waals surface area contributed by atoms with Crippen molar-refractivity contribution in [1.29, 1.82) is 0 Å². The molecular weight excluding hydrogens is 416 g/mol. The fourth-order valence-corrected chi connectivity index (χ4v) is 2.90. The number of carbonyl (C=O) groups excluding carboxylic acids is 2. The number of nitrogens with one attached hydrogen (secondary N) is 1. The zero-order valence-corrected chi connectivity index (χ0v) is 16.4. The molecule has 0 bridgehead atoms. The van der Waals surface area contributed by atoms with Gasteiger partial charge in [0.15, 0.2) is 5.69 Å². The van der Waals surface area contributed by atoms with Crippen LogP contribution in [0.4, 0.5) is 23.2 Å². The lowest BCUT2D eigenvalue weighted by Crippen LogP contribution is -2.38. The van der Waals surface area contributed by atoms with Crippen LogP contribution in [0.15, 0.2) is 60.8 Å². The first-order valence-corrected chi connectivity index (χ1v) is 9.26. The van der Waals surface area contributed by atoms with E-state index in [1.54, 1.807) is 13.0 Å². The minimum absolute atomic E-state index is 0.0337. The van der Waals surface area contributed by atoms with Gasteiger partial charge in [-0.05, 0) is 37.3 Å². The molecule has 31 heavy (non-hydrogen) atoms. The second-order valence-corrected chi connectivity index (χ2v) is 6.51. The van der Waals surface area contributed by atoms with Crippen LogP contribution in [-0.2, 0) is 11.0 Å². The van der Waals surface area contributed by atoms with Crippen LogP contribution in [0, 0.1) is 5.82 Å². The van der Waals surface area contributed by atoms with E-state index in [1.807, 2.05) is 0 Å². The van der Waals surface area contributed by atoms with Crippen LogP contribution in [0.1, 0.15) is 23.0 Å². The molecule has 0 aliphatic rings. The lowest BCUT2D eigenvalue weighted by molar-refractivity contribution is -0.137. The van der Waals surface area contributed by atoms with Crippen LogP contribution in [0.25, 0.3) is 5.69 Å². The van der Waals surface area contributed by atoms with Gasteiger partial charge in [0, 0.05) is 12.7 Å². The molecule has 1 aromatic heterocycles. The summed E-state index contributed by atoms with van der Waals surface area (Å²) in [6.45, 7) is 1.25. The maximum atomic E-state index is 13.9. The Hall–Kier alpha value is -3.69. The average molecular weight is 434 g/mol. The summed E-state index contributed by atoms with van der Waals surface area (Å²) in [5.74, 6) is -1.93. The van der Waals surface area contributed by atoms with Crippen molar-refractivity contribution in [2.24, 2.45) is 0 Å². The van der Waals surface area contributed by atoms with Crippen LogP contribution in [0.2, 0.25) is 0 Å². The zero-order valence-electron chi connectivity index (χ0n) is 16.4. The molecule has 0 spiro atoms. The Morgan fingerprint density at radius 3 is 2.42 bits per heavy atom. The summed E-state index contributed by atoms with van der Waals surface area (Å²) in [6.07, 6.45) is -3.23. The van der Waals surface area contributed by atoms with Crippen molar-refractivity contribution in [2.75, 3.05) is 18.4 Å². The van der Waals surface area contributed by atoms with Crippen molar-refractivity contribution in [3.05, 3.63) is 77.9 Å². The first kappa shape index (κ1) is 22.0. The number of aromatic nitrogens is 2. The monoisotopic (exact) mass is 434 g/mol. The number of nitrogens with zero attached hydrogens (tertiary/aromatic N) is 3. The van der Waals surface area contributed by atoms with Gasteiger partial charge in [-0.15, -0.1) is 0 Å². The molecule has 3 aromatic rings. The molecule has 2 amide bonds. The van der Waals surface area contributed by atoms with Gasteiger partial charge in [-0.1, -0.05) is 24.3 Å². The number of rotatable bonds is 6. The van der Waals surface area contributed by atoms with Crippen molar-refractivity contribution < 1.29 is 27.2 Å². The molecule has 10 heteroatoms. The molecule has 0 fully saturated rings. The van der Waals surface area contributed by atoms with Crippen molar-refractivity contribution in [3.8, 4) is 5.69 Å². The van der Waals surface area contributed by atoms with Gasteiger partial charge in [0.1, 0.15) is 18.0 Å². The van der Waals surface area contributed by atoms with Crippen LogP contribution in [0.3, 0.4) is 0 Å². The Morgan fingerprint density at radius 2 is 1.74 bits per heavy atom. The van der Waals surface area contributed by atoms with Crippen molar-refractivity contribution in [1.82, 2.24) is 14.7 Å². The summed E-state index contributed by atoms with van der Waals surface area (Å²) >= 11 is 0. The Bertz CT molecular complexity index is 1090. The second kappa shape index (κ2) is 8.99. The van der Waals surface area contributed by atoms with Crippen molar-refractivity contribution >= 4 is 17.5 Å². The Kier molecular flexibility index (Phi) is 6.38. The SMILES string of the molecule is CCN(CC(=O)Nc1ccccc1C(F)(F)F)C(=O)c1ccn(-c2ccccc2F)n1. The topological polar surface area (TPSA) is 67.2 Å². The number of hydrogen-bond acceptors (Lipinski definition) is 3. The smallest absolute Gasteiger partial charge is 0.328 e. The molecule has 0 saturated heterocycles. The summed E-state index contributed by atoms with van der Waals surface area (Å²) in [4.78, 5) is 26.2. The van der Waals surface area contributed by atoms with Gasteiger partial charge in [0.05, 0.1) is 11.3 Å². The first-order valence-electron chi connectivity index (χ1n) is 9.26. The number of benzene rings is 2. The highest BCUT2D eigenvalue weighted by Crippen LogP contribution is 2.34. The molecule has 1 N–H and O–H groups in total. The number of likely N-dealkylation sites (N-methyl/N-ethyl adjacent to an activating group) is 1. The number of amides is 2. The number of para-hydroxylation sites is 2. The number of anilines is 1. The lowest BCUT2D eigenvalue weighted by Gasteiger charge is -2.20. The molecule has 6 nitrogen and oxygen atoms in total. The van der Waals surface area contributed by atoms with Crippen molar-refractivity contribution in [3.63, 3.8) is 0 Å². The van der Waals surface area contributed by atoms with Gasteiger partial charge in [0.2, 0.25) is 5.91 Å². The Balaban J connectivity index is 1.73. The molecule has 1 heterocycles. The van der Waals surface area contributed by atoms with Gasteiger partial charge >= 0.3 is 6.18 Å². The molecule has 0 aliphatic heterocycles. The van der Waals surface area contributed by atoms with E-state index < -0.39 is 41.6 Å². The minimum Gasteiger partial charge on any atom is -0.328 e. The molecule has 0 radical (unpaired) electrons. The highest BCUT2D eigenvalue weighted by Gasteiger charge is 2.33. The maximum absolute atomic E-state index is 13.9. The quantitative estimate of drug-likeness (QED) is 0.594. The van der Waals surface area contributed by atoms with Crippen molar-refractivity contribution in [2.45, 2.75) is 13.1 Å². The van der Waals surface area contributed by atoms with Gasteiger partial charge in [-0.3, -0.25) is 9.59 Å². The highest BCUT2D eigenvalue weighted by molar-refractivity contribution is 5.98. The third-order valence-electron chi connectivity index (χ3n) is 4.42. The summed E-state index contributed by atoms with van der Waals surface area (Å²) in [7, 11) is 0.